The fourth-order valence-corrected chi connectivity index (χ4v) is 1.67. The van der Waals surface area contributed by atoms with Crippen LogP contribution in [0.3, 0.4) is 0 Å². The summed E-state index contributed by atoms with van der Waals surface area (Å²) in [5.41, 5.74) is 2.55. The van der Waals surface area contributed by atoms with E-state index >= 15 is 0 Å². The van der Waals surface area contributed by atoms with Crippen LogP contribution in [0.2, 0.25) is 0 Å². The molecule has 0 aromatic heterocycles. The number of aryl methyl sites for hydroxylation is 1. The van der Waals surface area contributed by atoms with Gasteiger partial charge in [-0.15, -0.1) is 0 Å². The van der Waals surface area contributed by atoms with Gasteiger partial charge in [-0.25, -0.2) is 0 Å². The Bertz CT molecular complexity index is 244. The smallest absolute Gasteiger partial charge is 0.0372 e. The zero-order chi connectivity index (χ0) is 8.39. The third-order valence-electron chi connectivity index (χ3n) is 2.42. The lowest BCUT2D eigenvalue weighted by atomic mass is 10.2. The van der Waals surface area contributed by atoms with E-state index in [2.05, 4.69) is 36.1 Å². The number of anilines is 1. The Balaban J connectivity index is 2.17. The largest absolute Gasteiger partial charge is 0.372 e. The van der Waals surface area contributed by atoms with E-state index in [0.717, 1.165) is 0 Å². The summed E-state index contributed by atoms with van der Waals surface area (Å²) >= 11 is 0. The van der Waals surface area contributed by atoms with Crippen molar-refractivity contribution in [3.63, 3.8) is 0 Å². The SMILES string of the molecule is Cc1[c]cc(N2CCCC2)cc1. The first kappa shape index (κ1) is 7.66. The second kappa shape index (κ2) is 3.18. The Hall–Kier alpha value is -0.980. The molecular weight excluding hydrogens is 146 g/mol. The van der Waals surface area contributed by atoms with Crippen molar-refractivity contribution in [2.75, 3.05) is 18.0 Å². The zero-order valence-electron chi connectivity index (χ0n) is 7.51. The van der Waals surface area contributed by atoms with Gasteiger partial charge in [0, 0.05) is 18.8 Å². The van der Waals surface area contributed by atoms with Crippen molar-refractivity contribution < 1.29 is 0 Å². The summed E-state index contributed by atoms with van der Waals surface area (Å²) < 4.78 is 0. The molecule has 0 atom stereocenters. The van der Waals surface area contributed by atoms with Crippen LogP contribution in [0.15, 0.2) is 18.2 Å². The minimum Gasteiger partial charge on any atom is -0.372 e. The van der Waals surface area contributed by atoms with Gasteiger partial charge in [-0.05, 0) is 43.5 Å². The second-order valence-corrected chi connectivity index (χ2v) is 3.42. The van der Waals surface area contributed by atoms with Gasteiger partial charge in [-0.3, -0.25) is 0 Å². The predicted octanol–water partition coefficient (Wildman–Crippen LogP) is 2.40. The van der Waals surface area contributed by atoms with E-state index in [1.165, 1.54) is 37.2 Å². The molecule has 1 aromatic rings. The minimum absolute atomic E-state index is 1.22. The van der Waals surface area contributed by atoms with Crippen molar-refractivity contribution in [2.45, 2.75) is 19.8 Å². The molecule has 2 rings (SSSR count). The Morgan fingerprint density at radius 2 is 2.00 bits per heavy atom. The van der Waals surface area contributed by atoms with E-state index in [1.807, 2.05) is 0 Å². The van der Waals surface area contributed by atoms with Gasteiger partial charge in [0.15, 0.2) is 0 Å². The van der Waals surface area contributed by atoms with E-state index < -0.39 is 0 Å². The van der Waals surface area contributed by atoms with Gasteiger partial charge < -0.3 is 4.90 Å². The van der Waals surface area contributed by atoms with Crippen molar-refractivity contribution in [2.24, 2.45) is 0 Å². The van der Waals surface area contributed by atoms with Crippen molar-refractivity contribution in [1.29, 1.82) is 0 Å². The molecule has 12 heavy (non-hydrogen) atoms. The summed E-state index contributed by atoms with van der Waals surface area (Å²) in [6.45, 7) is 4.52. The fourth-order valence-electron chi connectivity index (χ4n) is 1.67. The Morgan fingerprint density at radius 1 is 1.25 bits per heavy atom. The number of nitrogens with zero attached hydrogens (tertiary/aromatic N) is 1. The third kappa shape index (κ3) is 1.45. The van der Waals surface area contributed by atoms with Gasteiger partial charge in [0.1, 0.15) is 0 Å². The molecule has 1 saturated heterocycles. The van der Waals surface area contributed by atoms with E-state index in [4.69, 9.17) is 0 Å². The van der Waals surface area contributed by atoms with Crippen LogP contribution in [0.4, 0.5) is 5.69 Å². The van der Waals surface area contributed by atoms with Crippen LogP contribution in [-0.2, 0) is 0 Å². The molecule has 0 aliphatic carbocycles. The molecule has 0 spiro atoms. The van der Waals surface area contributed by atoms with Crippen LogP contribution in [0.25, 0.3) is 0 Å². The highest BCUT2D eigenvalue weighted by atomic mass is 15.1. The van der Waals surface area contributed by atoms with E-state index in [-0.39, 0.29) is 0 Å². The number of benzene rings is 1. The standard InChI is InChI=1S/C11H14N/c1-10-4-6-11(7-5-10)12-8-2-3-9-12/h4,6-7H,2-3,8-9H2,1H3. The fraction of sp³-hybridized carbons (Fsp3) is 0.455. The maximum absolute atomic E-state index is 3.24. The molecule has 1 fully saturated rings. The molecule has 1 radical (unpaired) electrons. The number of rotatable bonds is 1. The molecule has 0 amide bonds. The molecule has 1 aliphatic rings. The first-order chi connectivity index (χ1) is 5.86. The van der Waals surface area contributed by atoms with Crippen LogP contribution in [0.1, 0.15) is 18.4 Å². The van der Waals surface area contributed by atoms with E-state index in [9.17, 15) is 0 Å². The van der Waals surface area contributed by atoms with Gasteiger partial charge in [0.2, 0.25) is 0 Å². The molecule has 1 aliphatic heterocycles. The summed E-state index contributed by atoms with van der Waals surface area (Å²) in [7, 11) is 0. The summed E-state index contributed by atoms with van der Waals surface area (Å²) in [6, 6.07) is 9.66. The Morgan fingerprint density at radius 3 is 2.58 bits per heavy atom. The van der Waals surface area contributed by atoms with Crippen molar-refractivity contribution >= 4 is 5.69 Å². The van der Waals surface area contributed by atoms with Crippen LogP contribution in [0.5, 0.6) is 0 Å². The lowest BCUT2D eigenvalue weighted by molar-refractivity contribution is 0.949. The molecule has 0 unspecified atom stereocenters. The molecule has 1 nitrogen and oxygen atoms in total. The Labute approximate surface area is 74.0 Å². The summed E-state index contributed by atoms with van der Waals surface area (Å²) in [4.78, 5) is 2.43. The summed E-state index contributed by atoms with van der Waals surface area (Å²) in [5.74, 6) is 0. The molecule has 1 heteroatoms. The molecule has 0 bridgehead atoms. The minimum atomic E-state index is 1.22. The number of hydrogen-bond acceptors (Lipinski definition) is 1. The quantitative estimate of drug-likeness (QED) is 0.609. The number of hydrogen-bond donors (Lipinski definition) is 0. The first-order valence-electron chi connectivity index (χ1n) is 4.59. The van der Waals surface area contributed by atoms with Crippen LogP contribution >= 0.6 is 0 Å². The molecule has 1 heterocycles. The average molecular weight is 160 g/mol. The maximum Gasteiger partial charge on any atom is 0.0372 e. The van der Waals surface area contributed by atoms with Crippen LogP contribution < -0.4 is 4.90 Å². The Kier molecular flexibility index (Phi) is 2.03. The third-order valence-corrected chi connectivity index (χ3v) is 2.42. The highest BCUT2D eigenvalue weighted by Crippen LogP contribution is 2.19. The molecule has 0 N–H and O–H groups in total. The van der Waals surface area contributed by atoms with Gasteiger partial charge in [-0.1, -0.05) is 6.07 Å². The normalized spacial score (nSPS) is 16.9. The van der Waals surface area contributed by atoms with E-state index in [1.54, 1.807) is 0 Å². The van der Waals surface area contributed by atoms with Crippen LogP contribution in [-0.4, -0.2) is 13.1 Å². The van der Waals surface area contributed by atoms with Crippen molar-refractivity contribution in [3.8, 4) is 0 Å². The zero-order valence-corrected chi connectivity index (χ0v) is 7.51. The first-order valence-corrected chi connectivity index (χ1v) is 4.59. The average Bonchev–Trinajstić information content (AvgIpc) is 2.58. The van der Waals surface area contributed by atoms with Crippen LogP contribution in [0, 0.1) is 13.0 Å². The molecular formula is C11H14N. The van der Waals surface area contributed by atoms with Gasteiger partial charge in [0.25, 0.3) is 0 Å². The summed E-state index contributed by atoms with van der Waals surface area (Å²) in [5, 5.41) is 0. The summed E-state index contributed by atoms with van der Waals surface area (Å²) in [6.07, 6.45) is 2.68. The molecule has 0 saturated carbocycles. The van der Waals surface area contributed by atoms with Gasteiger partial charge >= 0.3 is 0 Å². The monoisotopic (exact) mass is 160 g/mol. The van der Waals surface area contributed by atoms with E-state index in [0.29, 0.717) is 0 Å². The lowest BCUT2D eigenvalue weighted by Gasteiger charge is -2.17. The lowest BCUT2D eigenvalue weighted by Crippen LogP contribution is -2.17. The highest BCUT2D eigenvalue weighted by molar-refractivity contribution is 5.47. The second-order valence-electron chi connectivity index (χ2n) is 3.42. The molecule has 63 valence electrons. The highest BCUT2D eigenvalue weighted by Gasteiger charge is 2.11. The predicted molar refractivity (Wildman–Crippen MR) is 51.5 cm³/mol. The maximum atomic E-state index is 3.24. The topological polar surface area (TPSA) is 3.24 Å². The van der Waals surface area contributed by atoms with Crippen molar-refractivity contribution in [1.82, 2.24) is 0 Å². The van der Waals surface area contributed by atoms with Crippen molar-refractivity contribution in [3.05, 3.63) is 29.8 Å². The van der Waals surface area contributed by atoms with Gasteiger partial charge in [0.05, 0.1) is 0 Å². The molecule has 1 aromatic carbocycles. The van der Waals surface area contributed by atoms with Gasteiger partial charge in [-0.2, -0.15) is 0 Å².